The maximum atomic E-state index is 14.5. The first-order valence-corrected chi connectivity index (χ1v) is 13.8. The lowest BCUT2D eigenvalue weighted by atomic mass is 9.37. The van der Waals surface area contributed by atoms with Crippen molar-refractivity contribution < 1.29 is 19.4 Å². The number of carbonyl (C=O) groups is 2. The van der Waals surface area contributed by atoms with Gasteiger partial charge in [0.05, 0.1) is 17.8 Å². The molecule has 0 aromatic heterocycles. The predicted octanol–water partition coefficient (Wildman–Crippen LogP) is 5.86. The molecular formula is C31H43NO4. The van der Waals surface area contributed by atoms with E-state index in [2.05, 4.69) is 40.7 Å². The lowest BCUT2D eigenvalue weighted by Gasteiger charge is -2.70. The lowest BCUT2D eigenvalue weighted by molar-refractivity contribution is -0.286. The van der Waals surface area contributed by atoms with E-state index >= 15 is 0 Å². The second-order valence-corrected chi connectivity index (χ2v) is 14.6. The van der Waals surface area contributed by atoms with E-state index < -0.39 is 27.4 Å². The second kappa shape index (κ2) is 7.41. The van der Waals surface area contributed by atoms with Crippen LogP contribution in [0.1, 0.15) is 99.8 Å². The van der Waals surface area contributed by atoms with Gasteiger partial charge < -0.3 is 9.84 Å². The first-order chi connectivity index (χ1) is 16.6. The van der Waals surface area contributed by atoms with Gasteiger partial charge in [0.25, 0.3) is 0 Å². The average Bonchev–Trinajstić information content (AvgIpc) is 2.81. The fourth-order valence-corrected chi connectivity index (χ4v) is 9.31. The highest BCUT2D eigenvalue weighted by atomic mass is 16.5. The van der Waals surface area contributed by atoms with E-state index in [-0.39, 0.29) is 40.5 Å². The van der Waals surface area contributed by atoms with E-state index in [1.54, 1.807) is 0 Å². The molecule has 5 nitrogen and oxygen atoms in total. The summed E-state index contributed by atoms with van der Waals surface area (Å²) in [6, 6.07) is 2.17. The van der Waals surface area contributed by atoms with Crippen LogP contribution in [0.2, 0.25) is 0 Å². The van der Waals surface area contributed by atoms with Crippen LogP contribution in [-0.4, -0.2) is 34.5 Å². The Balaban J connectivity index is 1.74. The van der Waals surface area contributed by atoms with Crippen LogP contribution in [0.15, 0.2) is 23.3 Å². The molecule has 5 rings (SSSR count). The Kier molecular flexibility index (Phi) is 5.33. The molecule has 0 unspecified atom stereocenters. The molecule has 0 radical (unpaired) electrons. The maximum absolute atomic E-state index is 14.5. The Hall–Kier alpha value is -1.77. The molecule has 0 aromatic rings. The minimum atomic E-state index is -0.977. The lowest BCUT2D eigenvalue weighted by Crippen LogP contribution is -2.72. The molecule has 2 aliphatic heterocycles. The van der Waals surface area contributed by atoms with Gasteiger partial charge in [-0.25, -0.2) is 0 Å². The number of Topliss-reactive ketones (excluding diaryl/α,β-unsaturated/α-hetero) is 1. The number of aliphatic hydroxyl groups excluding tert-OH is 1. The number of hydrogen-bond acceptors (Lipinski definition) is 5. The Labute approximate surface area is 216 Å². The van der Waals surface area contributed by atoms with Gasteiger partial charge in [-0.2, -0.15) is 5.26 Å². The molecule has 3 aliphatic carbocycles. The van der Waals surface area contributed by atoms with E-state index in [1.807, 2.05) is 26.0 Å². The van der Waals surface area contributed by atoms with Gasteiger partial charge in [-0.1, -0.05) is 54.5 Å². The van der Waals surface area contributed by atoms with Crippen LogP contribution >= 0.6 is 0 Å². The third-order valence-corrected chi connectivity index (χ3v) is 12.1. The molecule has 5 aliphatic rings. The number of hydrogen-bond donors (Lipinski definition) is 1. The van der Waals surface area contributed by atoms with Gasteiger partial charge in [0, 0.05) is 16.2 Å². The largest absolute Gasteiger partial charge is 0.393 e. The standard InChI is InChI=1S/C31H43NO4/c1-25(2)10-13-30(19-33)14-12-29(7)28(6)9-8-21-26(3,4)24(35)20(18-32)17-27(21,5)22(28)16-23(34)31(29,36-30)15-11-25/h16-17,21,33H,8-15,19H2,1-7H3/t21-,27-,28+,29-,30+,31+/m0/s1. The number of carbonyl (C=O) groups excluding carboxylic acids is 2. The van der Waals surface area contributed by atoms with Gasteiger partial charge in [-0.05, 0) is 79.8 Å². The summed E-state index contributed by atoms with van der Waals surface area (Å²) in [7, 11) is 0. The van der Waals surface area contributed by atoms with Crippen molar-refractivity contribution in [3.8, 4) is 6.07 Å². The van der Waals surface area contributed by atoms with Crippen LogP contribution in [0.4, 0.5) is 0 Å². The summed E-state index contributed by atoms with van der Waals surface area (Å²) in [6.45, 7) is 15.1. The van der Waals surface area contributed by atoms with E-state index in [4.69, 9.17) is 4.74 Å². The van der Waals surface area contributed by atoms with Crippen molar-refractivity contribution in [3.63, 3.8) is 0 Å². The van der Waals surface area contributed by atoms with Crippen molar-refractivity contribution in [1.29, 1.82) is 5.26 Å². The second-order valence-electron chi connectivity index (χ2n) is 14.6. The highest BCUT2D eigenvalue weighted by Crippen LogP contribution is 2.73. The fraction of sp³-hybridized carbons (Fsp3) is 0.774. The zero-order chi connectivity index (χ0) is 26.6. The van der Waals surface area contributed by atoms with Gasteiger partial charge in [0.2, 0.25) is 0 Å². The molecule has 3 fully saturated rings. The SMILES string of the molecule is CC1(C)CC[C@]2(CO)CC[C@@]3(C)[C@]4(C)CC[C@H]5C(C)(C)C(=O)C(C#N)=C[C@]5(C)C4=CC(=O)[C@@]3(CC1)O2. The quantitative estimate of drug-likeness (QED) is 0.494. The number of allylic oxidation sites excluding steroid dienone is 3. The normalized spacial score (nSPS) is 47.1. The van der Waals surface area contributed by atoms with Crippen molar-refractivity contribution in [2.24, 2.45) is 33.0 Å². The van der Waals surface area contributed by atoms with Crippen LogP contribution in [0, 0.1) is 44.3 Å². The smallest absolute Gasteiger partial charge is 0.188 e. The van der Waals surface area contributed by atoms with Gasteiger partial charge >= 0.3 is 0 Å². The Bertz CT molecular complexity index is 1140. The topological polar surface area (TPSA) is 87.4 Å². The number of rotatable bonds is 1. The number of aliphatic hydroxyl groups is 1. The molecule has 5 heteroatoms. The van der Waals surface area contributed by atoms with E-state index in [1.165, 1.54) is 0 Å². The van der Waals surface area contributed by atoms with Gasteiger partial charge in [0.15, 0.2) is 11.6 Å². The summed E-state index contributed by atoms with van der Waals surface area (Å²) in [5, 5.41) is 20.4. The van der Waals surface area contributed by atoms with Crippen molar-refractivity contribution in [2.75, 3.05) is 6.61 Å². The van der Waals surface area contributed by atoms with Crippen LogP contribution in [0.3, 0.4) is 0 Å². The zero-order valence-corrected chi connectivity index (χ0v) is 23.2. The van der Waals surface area contributed by atoms with E-state index in [0.717, 1.165) is 50.5 Å². The molecule has 1 saturated carbocycles. The highest BCUT2D eigenvalue weighted by Gasteiger charge is 2.73. The van der Waals surface area contributed by atoms with Gasteiger partial charge in [-0.3, -0.25) is 9.59 Å². The third-order valence-electron chi connectivity index (χ3n) is 12.1. The van der Waals surface area contributed by atoms with Gasteiger partial charge in [-0.15, -0.1) is 0 Å². The van der Waals surface area contributed by atoms with Gasteiger partial charge in [0.1, 0.15) is 11.7 Å². The first-order valence-electron chi connectivity index (χ1n) is 13.8. The molecule has 2 heterocycles. The summed E-state index contributed by atoms with van der Waals surface area (Å²) >= 11 is 0. The Morgan fingerprint density at radius 2 is 1.61 bits per heavy atom. The molecule has 0 amide bonds. The number of ketones is 2. The number of nitriles is 1. The van der Waals surface area contributed by atoms with Crippen molar-refractivity contribution in [1.82, 2.24) is 0 Å². The van der Waals surface area contributed by atoms with Crippen LogP contribution in [0.5, 0.6) is 0 Å². The fourth-order valence-electron chi connectivity index (χ4n) is 9.31. The van der Waals surface area contributed by atoms with Crippen LogP contribution in [-0.2, 0) is 14.3 Å². The Morgan fingerprint density at radius 3 is 2.25 bits per heavy atom. The zero-order valence-electron chi connectivity index (χ0n) is 23.2. The summed E-state index contributed by atoms with van der Waals surface area (Å²) in [6.07, 6.45) is 10.3. The molecule has 36 heavy (non-hydrogen) atoms. The highest BCUT2D eigenvalue weighted by molar-refractivity contribution is 6.05. The van der Waals surface area contributed by atoms with Crippen molar-refractivity contribution in [2.45, 2.75) is 111 Å². The van der Waals surface area contributed by atoms with Crippen molar-refractivity contribution >= 4 is 11.6 Å². The molecular weight excluding hydrogens is 450 g/mol. The number of fused-ring (bicyclic) bond motifs is 5. The molecule has 0 aromatic carbocycles. The van der Waals surface area contributed by atoms with Crippen molar-refractivity contribution in [3.05, 3.63) is 23.3 Å². The molecule has 196 valence electrons. The first kappa shape index (κ1) is 25.9. The van der Waals surface area contributed by atoms with E-state index in [9.17, 15) is 20.0 Å². The van der Waals surface area contributed by atoms with Crippen LogP contribution in [0.25, 0.3) is 0 Å². The minimum Gasteiger partial charge on any atom is -0.393 e. The number of nitrogens with zero attached hydrogens (tertiary/aromatic N) is 1. The monoisotopic (exact) mass is 493 g/mol. The molecule has 2 saturated heterocycles. The summed E-state index contributed by atoms with van der Waals surface area (Å²) in [5.74, 6) is -0.0506. The summed E-state index contributed by atoms with van der Waals surface area (Å²) in [5.41, 5.74) is -2.30. The minimum absolute atomic E-state index is 0.0104. The third kappa shape index (κ3) is 2.95. The predicted molar refractivity (Wildman–Crippen MR) is 138 cm³/mol. The average molecular weight is 494 g/mol. The summed E-state index contributed by atoms with van der Waals surface area (Å²) < 4.78 is 6.98. The van der Waals surface area contributed by atoms with E-state index in [0.29, 0.717) is 6.42 Å². The number of ether oxygens (including phenoxy) is 1. The Morgan fingerprint density at radius 1 is 0.972 bits per heavy atom. The summed E-state index contributed by atoms with van der Waals surface area (Å²) in [4.78, 5) is 27.6. The molecule has 2 bridgehead atoms. The maximum Gasteiger partial charge on any atom is 0.188 e. The molecule has 6 atom stereocenters. The van der Waals surface area contributed by atoms with Crippen LogP contribution < -0.4 is 0 Å². The molecule has 1 N–H and O–H groups in total. The molecule has 1 spiro atoms.